The van der Waals surface area contributed by atoms with Crippen LogP contribution in [0.1, 0.15) is 31.7 Å². The Morgan fingerprint density at radius 3 is 2.35 bits per heavy atom. The SMILES string of the molecule is CO[C@@H](C)C(=O)N(CC(=O)N1CCCCC1)c1ccc(C)cc1. The number of likely N-dealkylation sites (tertiary alicyclic amines) is 1. The lowest BCUT2D eigenvalue weighted by Crippen LogP contribution is -2.47. The summed E-state index contributed by atoms with van der Waals surface area (Å²) in [6.07, 6.45) is 2.67. The zero-order chi connectivity index (χ0) is 16.8. The second kappa shape index (κ2) is 8.11. The Morgan fingerprint density at radius 1 is 1.17 bits per heavy atom. The highest BCUT2D eigenvalue weighted by Gasteiger charge is 2.26. The lowest BCUT2D eigenvalue weighted by Gasteiger charge is -2.31. The third kappa shape index (κ3) is 4.55. The molecule has 1 aromatic rings. The molecule has 2 rings (SSSR count). The summed E-state index contributed by atoms with van der Waals surface area (Å²) in [6.45, 7) is 5.33. The lowest BCUT2D eigenvalue weighted by atomic mass is 10.1. The molecule has 1 aromatic carbocycles. The van der Waals surface area contributed by atoms with E-state index in [1.807, 2.05) is 36.1 Å². The van der Waals surface area contributed by atoms with Crippen molar-refractivity contribution in [2.75, 3.05) is 31.6 Å². The van der Waals surface area contributed by atoms with Crippen molar-refractivity contribution >= 4 is 17.5 Å². The summed E-state index contributed by atoms with van der Waals surface area (Å²) in [7, 11) is 1.50. The summed E-state index contributed by atoms with van der Waals surface area (Å²) in [5.41, 5.74) is 1.85. The van der Waals surface area contributed by atoms with Gasteiger partial charge in [-0.1, -0.05) is 17.7 Å². The molecule has 0 N–H and O–H groups in total. The van der Waals surface area contributed by atoms with Gasteiger partial charge >= 0.3 is 0 Å². The molecular formula is C18H26N2O3. The lowest BCUT2D eigenvalue weighted by molar-refractivity contribution is -0.134. The molecule has 126 valence electrons. The van der Waals surface area contributed by atoms with E-state index in [-0.39, 0.29) is 18.4 Å². The number of aryl methyl sites for hydroxylation is 1. The summed E-state index contributed by atoms with van der Waals surface area (Å²) in [5.74, 6) is -0.191. The molecule has 0 aromatic heterocycles. The highest BCUT2D eigenvalue weighted by atomic mass is 16.5. The van der Waals surface area contributed by atoms with Gasteiger partial charge in [-0.05, 0) is 45.2 Å². The molecule has 0 saturated carbocycles. The molecule has 1 aliphatic heterocycles. The van der Waals surface area contributed by atoms with Gasteiger partial charge in [-0.2, -0.15) is 0 Å². The van der Waals surface area contributed by atoms with E-state index >= 15 is 0 Å². The number of carbonyl (C=O) groups is 2. The summed E-state index contributed by atoms with van der Waals surface area (Å²) in [4.78, 5) is 28.6. The second-order valence-electron chi connectivity index (χ2n) is 6.08. The van der Waals surface area contributed by atoms with E-state index in [0.29, 0.717) is 0 Å². The van der Waals surface area contributed by atoms with Gasteiger partial charge in [0.2, 0.25) is 5.91 Å². The van der Waals surface area contributed by atoms with E-state index in [1.54, 1.807) is 6.92 Å². The first-order valence-corrected chi connectivity index (χ1v) is 8.21. The smallest absolute Gasteiger partial charge is 0.256 e. The maximum Gasteiger partial charge on any atom is 0.256 e. The van der Waals surface area contributed by atoms with Crippen LogP contribution in [-0.4, -0.2) is 49.6 Å². The number of methoxy groups -OCH3 is 1. The van der Waals surface area contributed by atoms with Gasteiger partial charge < -0.3 is 14.5 Å². The van der Waals surface area contributed by atoms with Gasteiger partial charge in [0.25, 0.3) is 5.91 Å². The van der Waals surface area contributed by atoms with Crippen molar-refractivity contribution in [3.63, 3.8) is 0 Å². The quantitative estimate of drug-likeness (QED) is 0.837. The van der Waals surface area contributed by atoms with E-state index in [4.69, 9.17) is 4.74 Å². The molecule has 1 saturated heterocycles. The van der Waals surface area contributed by atoms with Gasteiger partial charge in [-0.3, -0.25) is 9.59 Å². The van der Waals surface area contributed by atoms with Crippen LogP contribution < -0.4 is 4.90 Å². The minimum absolute atomic E-state index is 0.00179. The van der Waals surface area contributed by atoms with Crippen LogP contribution in [0, 0.1) is 6.92 Å². The number of benzene rings is 1. The van der Waals surface area contributed by atoms with Crippen LogP contribution in [-0.2, 0) is 14.3 Å². The molecule has 5 nitrogen and oxygen atoms in total. The molecule has 0 radical (unpaired) electrons. The largest absolute Gasteiger partial charge is 0.372 e. The van der Waals surface area contributed by atoms with Crippen LogP contribution in [0.15, 0.2) is 24.3 Å². The van der Waals surface area contributed by atoms with Crippen LogP contribution in [0.5, 0.6) is 0 Å². The van der Waals surface area contributed by atoms with Gasteiger partial charge in [0.15, 0.2) is 0 Å². The van der Waals surface area contributed by atoms with E-state index < -0.39 is 6.10 Å². The zero-order valence-electron chi connectivity index (χ0n) is 14.2. The molecule has 1 fully saturated rings. The van der Waals surface area contributed by atoms with Gasteiger partial charge in [0, 0.05) is 25.9 Å². The summed E-state index contributed by atoms with van der Waals surface area (Å²) >= 11 is 0. The minimum atomic E-state index is -0.578. The molecule has 1 atom stereocenters. The van der Waals surface area contributed by atoms with E-state index in [2.05, 4.69) is 0 Å². The topological polar surface area (TPSA) is 49.9 Å². The number of ether oxygens (including phenoxy) is 1. The molecule has 1 heterocycles. The van der Waals surface area contributed by atoms with Crippen molar-refractivity contribution < 1.29 is 14.3 Å². The first-order chi connectivity index (χ1) is 11.0. The van der Waals surface area contributed by atoms with Crippen LogP contribution in [0.4, 0.5) is 5.69 Å². The van der Waals surface area contributed by atoms with E-state index in [0.717, 1.165) is 37.2 Å². The van der Waals surface area contributed by atoms with Crippen molar-refractivity contribution in [1.29, 1.82) is 0 Å². The number of carbonyl (C=O) groups excluding carboxylic acids is 2. The number of piperidine rings is 1. The highest BCUT2D eigenvalue weighted by Crippen LogP contribution is 2.18. The van der Waals surface area contributed by atoms with Crippen LogP contribution in [0.2, 0.25) is 0 Å². The minimum Gasteiger partial charge on any atom is -0.372 e. The van der Waals surface area contributed by atoms with Crippen LogP contribution in [0.25, 0.3) is 0 Å². The maximum atomic E-state index is 12.6. The Balaban J connectivity index is 2.17. The molecule has 0 bridgehead atoms. The second-order valence-corrected chi connectivity index (χ2v) is 6.08. The molecule has 1 aliphatic rings. The molecule has 5 heteroatoms. The third-order valence-corrected chi connectivity index (χ3v) is 4.32. The van der Waals surface area contributed by atoms with E-state index in [1.165, 1.54) is 18.4 Å². The number of nitrogens with zero attached hydrogens (tertiary/aromatic N) is 2. The van der Waals surface area contributed by atoms with Gasteiger partial charge in [0.05, 0.1) is 0 Å². The maximum absolute atomic E-state index is 12.6. The fourth-order valence-electron chi connectivity index (χ4n) is 2.72. The normalized spacial score (nSPS) is 16.0. The van der Waals surface area contributed by atoms with Crippen molar-refractivity contribution in [1.82, 2.24) is 4.90 Å². The Kier molecular flexibility index (Phi) is 6.16. The summed E-state index contributed by atoms with van der Waals surface area (Å²) < 4.78 is 5.15. The average molecular weight is 318 g/mol. The van der Waals surface area contributed by atoms with Gasteiger partial charge in [-0.15, -0.1) is 0 Å². The average Bonchev–Trinajstić information content (AvgIpc) is 2.59. The summed E-state index contributed by atoms with van der Waals surface area (Å²) in [6, 6.07) is 7.63. The summed E-state index contributed by atoms with van der Waals surface area (Å²) in [5, 5.41) is 0. The zero-order valence-corrected chi connectivity index (χ0v) is 14.2. The Bertz CT molecular complexity index is 536. The Morgan fingerprint density at radius 2 is 1.78 bits per heavy atom. The van der Waals surface area contributed by atoms with Gasteiger partial charge in [0.1, 0.15) is 12.6 Å². The number of rotatable bonds is 5. The van der Waals surface area contributed by atoms with Crippen molar-refractivity contribution in [3.8, 4) is 0 Å². The van der Waals surface area contributed by atoms with Crippen molar-refractivity contribution in [2.24, 2.45) is 0 Å². The van der Waals surface area contributed by atoms with Crippen LogP contribution in [0.3, 0.4) is 0 Å². The fraction of sp³-hybridized carbons (Fsp3) is 0.556. The number of hydrogen-bond acceptors (Lipinski definition) is 3. The first-order valence-electron chi connectivity index (χ1n) is 8.21. The van der Waals surface area contributed by atoms with E-state index in [9.17, 15) is 9.59 Å². The molecular weight excluding hydrogens is 292 g/mol. The standard InChI is InChI=1S/C18H26N2O3/c1-14-7-9-16(10-8-14)20(18(22)15(2)23-3)13-17(21)19-11-5-4-6-12-19/h7-10,15H,4-6,11-13H2,1-3H3/t15-/m0/s1. The number of anilines is 1. The predicted molar refractivity (Wildman–Crippen MR) is 90.4 cm³/mol. The fourth-order valence-corrected chi connectivity index (χ4v) is 2.72. The third-order valence-electron chi connectivity index (χ3n) is 4.32. The first kappa shape index (κ1) is 17.5. The van der Waals surface area contributed by atoms with Crippen molar-refractivity contribution in [2.45, 2.75) is 39.2 Å². The number of hydrogen-bond donors (Lipinski definition) is 0. The monoisotopic (exact) mass is 318 g/mol. The Hall–Kier alpha value is -1.88. The number of amides is 2. The molecule has 23 heavy (non-hydrogen) atoms. The van der Waals surface area contributed by atoms with Crippen LogP contribution >= 0.6 is 0 Å². The van der Waals surface area contributed by atoms with Crippen molar-refractivity contribution in [3.05, 3.63) is 29.8 Å². The Labute approximate surface area is 138 Å². The highest BCUT2D eigenvalue weighted by molar-refractivity contribution is 6.00. The molecule has 2 amide bonds. The van der Waals surface area contributed by atoms with Gasteiger partial charge in [-0.25, -0.2) is 0 Å². The molecule has 0 spiro atoms. The predicted octanol–water partition coefficient (Wildman–Crippen LogP) is 2.38. The molecule has 0 unspecified atom stereocenters. The molecule has 0 aliphatic carbocycles.